The smallest absolute Gasteiger partial charge is 0.236 e. The van der Waals surface area contributed by atoms with E-state index in [2.05, 4.69) is 11.8 Å². The second-order valence-electron chi connectivity index (χ2n) is 5.03. The van der Waals surface area contributed by atoms with Crippen molar-refractivity contribution in [2.45, 2.75) is 33.4 Å². The van der Waals surface area contributed by atoms with Gasteiger partial charge in [-0.25, -0.2) is 0 Å². The van der Waals surface area contributed by atoms with Crippen LogP contribution in [0.15, 0.2) is 24.3 Å². The van der Waals surface area contributed by atoms with Gasteiger partial charge < -0.3 is 4.90 Å². The van der Waals surface area contributed by atoms with Crippen molar-refractivity contribution in [1.82, 2.24) is 9.80 Å². The van der Waals surface area contributed by atoms with Crippen molar-refractivity contribution in [3.8, 4) is 0 Å². The molecule has 0 N–H and O–H groups in total. The molecule has 1 rings (SSSR count). The minimum Gasteiger partial charge on any atom is -0.342 e. The van der Waals surface area contributed by atoms with Crippen molar-refractivity contribution in [3.05, 3.63) is 34.9 Å². The third kappa shape index (κ3) is 5.21. The zero-order valence-electron chi connectivity index (χ0n) is 12.2. The Balaban J connectivity index is 2.61. The first kappa shape index (κ1) is 16.0. The molecule has 0 aliphatic carbocycles. The van der Waals surface area contributed by atoms with E-state index in [1.165, 1.54) is 0 Å². The summed E-state index contributed by atoms with van der Waals surface area (Å²) >= 11 is 5.98. The van der Waals surface area contributed by atoms with Crippen LogP contribution >= 0.6 is 11.6 Å². The lowest BCUT2D eigenvalue weighted by Gasteiger charge is -2.26. The number of carbonyl (C=O) groups is 1. The second kappa shape index (κ2) is 7.51. The minimum atomic E-state index is 0.152. The van der Waals surface area contributed by atoms with Crippen molar-refractivity contribution in [3.63, 3.8) is 0 Å². The fourth-order valence-electron chi connectivity index (χ4n) is 1.76. The molecule has 1 aromatic carbocycles. The standard InChI is InChI=1S/C15H23ClN2O/c1-5-18(11-15(19)17(4)12(2)3)10-13-7-6-8-14(16)9-13/h6-9,12H,5,10-11H2,1-4H3. The zero-order chi connectivity index (χ0) is 14.4. The topological polar surface area (TPSA) is 23.6 Å². The average molecular weight is 283 g/mol. The first-order chi connectivity index (χ1) is 8.93. The van der Waals surface area contributed by atoms with Gasteiger partial charge in [-0.2, -0.15) is 0 Å². The molecule has 0 fully saturated rings. The first-order valence-corrected chi connectivity index (χ1v) is 7.04. The van der Waals surface area contributed by atoms with Crippen LogP contribution in [0.5, 0.6) is 0 Å². The number of carbonyl (C=O) groups excluding carboxylic acids is 1. The van der Waals surface area contributed by atoms with E-state index in [1.807, 2.05) is 45.2 Å². The Morgan fingerprint density at radius 1 is 1.37 bits per heavy atom. The Labute approximate surface area is 121 Å². The van der Waals surface area contributed by atoms with Gasteiger partial charge in [0, 0.05) is 24.7 Å². The molecule has 0 spiro atoms. The third-order valence-electron chi connectivity index (χ3n) is 3.27. The van der Waals surface area contributed by atoms with E-state index in [4.69, 9.17) is 11.6 Å². The molecular weight excluding hydrogens is 260 g/mol. The van der Waals surface area contributed by atoms with Crippen LogP contribution in [-0.2, 0) is 11.3 Å². The van der Waals surface area contributed by atoms with Crippen LogP contribution in [0, 0.1) is 0 Å². The van der Waals surface area contributed by atoms with E-state index in [-0.39, 0.29) is 11.9 Å². The maximum atomic E-state index is 12.1. The van der Waals surface area contributed by atoms with E-state index >= 15 is 0 Å². The molecule has 3 nitrogen and oxygen atoms in total. The van der Waals surface area contributed by atoms with Crippen LogP contribution in [0.25, 0.3) is 0 Å². The highest BCUT2D eigenvalue weighted by Crippen LogP contribution is 2.12. The van der Waals surface area contributed by atoms with Gasteiger partial charge in [-0.05, 0) is 38.1 Å². The van der Waals surface area contributed by atoms with Crippen LogP contribution in [0.1, 0.15) is 26.3 Å². The summed E-state index contributed by atoms with van der Waals surface area (Å²) in [5.74, 6) is 0.152. The van der Waals surface area contributed by atoms with Crippen LogP contribution in [0.4, 0.5) is 0 Å². The molecule has 0 aromatic heterocycles. The van der Waals surface area contributed by atoms with Gasteiger partial charge in [0.15, 0.2) is 0 Å². The maximum absolute atomic E-state index is 12.1. The van der Waals surface area contributed by atoms with Gasteiger partial charge in [0.05, 0.1) is 6.54 Å². The largest absolute Gasteiger partial charge is 0.342 e. The normalized spacial score (nSPS) is 11.1. The molecule has 1 amide bonds. The maximum Gasteiger partial charge on any atom is 0.236 e. The molecular formula is C15H23ClN2O. The predicted octanol–water partition coefficient (Wildman–Crippen LogP) is 3.03. The first-order valence-electron chi connectivity index (χ1n) is 6.66. The lowest BCUT2D eigenvalue weighted by Crippen LogP contribution is -2.41. The summed E-state index contributed by atoms with van der Waals surface area (Å²) in [4.78, 5) is 16.0. The van der Waals surface area contributed by atoms with Gasteiger partial charge in [0.2, 0.25) is 5.91 Å². The zero-order valence-corrected chi connectivity index (χ0v) is 12.9. The summed E-state index contributed by atoms with van der Waals surface area (Å²) in [5.41, 5.74) is 1.13. The van der Waals surface area contributed by atoms with Gasteiger partial charge >= 0.3 is 0 Å². The number of halogens is 1. The number of hydrogen-bond acceptors (Lipinski definition) is 2. The summed E-state index contributed by atoms with van der Waals surface area (Å²) < 4.78 is 0. The number of nitrogens with zero attached hydrogens (tertiary/aromatic N) is 2. The number of benzene rings is 1. The van der Waals surface area contributed by atoms with Crippen molar-refractivity contribution in [2.24, 2.45) is 0 Å². The van der Waals surface area contributed by atoms with Gasteiger partial charge in [0.25, 0.3) is 0 Å². The Morgan fingerprint density at radius 3 is 2.58 bits per heavy atom. The lowest BCUT2D eigenvalue weighted by molar-refractivity contribution is -0.132. The molecule has 0 saturated carbocycles. The predicted molar refractivity (Wildman–Crippen MR) is 80.3 cm³/mol. The van der Waals surface area contributed by atoms with Gasteiger partial charge in [-0.3, -0.25) is 9.69 Å². The SMILES string of the molecule is CCN(CC(=O)N(C)C(C)C)Cc1cccc(Cl)c1. The Bertz CT molecular complexity index is 420. The monoisotopic (exact) mass is 282 g/mol. The van der Waals surface area contributed by atoms with E-state index in [9.17, 15) is 4.79 Å². The molecule has 0 radical (unpaired) electrons. The lowest BCUT2D eigenvalue weighted by atomic mass is 10.2. The fourth-order valence-corrected chi connectivity index (χ4v) is 1.98. The molecule has 0 heterocycles. The minimum absolute atomic E-state index is 0.152. The van der Waals surface area contributed by atoms with Gasteiger partial charge in [-0.15, -0.1) is 0 Å². The number of hydrogen-bond donors (Lipinski definition) is 0. The number of amides is 1. The van der Waals surface area contributed by atoms with Gasteiger partial charge in [-0.1, -0.05) is 30.7 Å². The third-order valence-corrected chi connectivity index (χ3v) is 3.50. The Kier molecular flexibility index (Phi) is 6.32. The van der Waals surface area contributed by atoms with Crippen molar-refractivity contribution in [1.29, 1.82) is 0 Å². The molecule has 0 aliphatic heterocycles. The molecule has 0 atom stereocenters. The van der Waals surface area contributed by atoms with Crippen molar-refractivity contribution >= 4 is 17.5 Å². The molecule has 19 heavy (non-hydrogen) atoms. The number of rotatable bonds is 6. The average Bonchev–Trinajstić information content (AvgIpc) is 2.36. The molecule has 4 heteroatoms. The molecule has 1 aromatic rings. The van der Waals surface area contributed by atoms with E-state index in [0.717, 1.165) is 23.7 Å². The Morgan fingerprint density at radius 2 is 2.05 bits per heavy atom. The van der Waals surface area contributed by atoms with E-state index in [1.54, 1.807) is 4.90 Å². The second-order valence-corrected chi connectivity index (χ2v) is 5.47. The molecule has 0 saturated heterocycles. The van der Waals surface area contributed by atoms with Crippen molar-refractivity contribution in [2.75, 3.05) is 20.1 Å². The van der Waals surface area contributed by atoms with Gasteiger partial charge in [0.1, 0.15) is 0 Å². The summed E-state index contributed by atoms with van der Waals surface area (Å²) in [6.45, 7) is 8.13. The molecule has 0 unspecified atom stereocenters. The van der Waals surface area contributed by atoms with E-state index < -0.39 is 0 Å². The number of likely N-dealkylation sites (N-methyl/N-ethyl adjacent to an activating group) is 2. The molecule has 0 aliphatic rings. The summed E-state index contributed by atoms with van der Waals surface area (Å²) in [6, 6.07) is 8.01. The van der Waals surface area contributed by atoms with Crippen LogP contribution in [0.2, 0.25) is 5.02 Å². The fraction of sp³-hybridized carbons (Fsp3) is 0.533. The quantitative estimate of drug-likeness (QED) is 0.801. The van der Waals surface area contributed by atoms with Crippen molar-refractivity contribution < 1.29 is 4.79 Å². The summed E-state index contributed by atoms with van der Waals surface area (Å²) in [5, 5.41) is 0.735. The van der Waals surface area contributed by atoms with Crippen LogP contribution in [0.3, 0.4) is 0 Å². The van der Waals surface area contributed by atoms with E-state index in [0.29, 0.717) is 6.54 Å². The van der Waals surface area contributed by atoms with Crippen LogP contribution < -0.4 is 0 Å². The highest BCUT2D eigenvalue weighted by atomic mass is 35.5. The van der Waals surface area contributed by atoms with Crippen LogP contribution in [-0.4, -0.2) is 41.9 Å². The summed E-state index contributed by atoms with van der Waals surface area (Å²) in [6.07, 6.45) is 0. The highest BCUT2D eigenvalue weighted by Gasteiger charge is 2.15. The molecule has 106 valence electrons. The Hall–Kier alpha value is -1.06. The summed E-state index contributed by atoms with van der Waals surface area (Å²) in [7, 11) is 1.85. The highest BCUT2D eigenvalue weighted by molar-refractivity contribution is 6.30. The molecule has 0 bridgehead atoms.